The highest BCUT2D eigenvalue weighted by molar-refractivity contribution is 5.36. The second kappa shape index (κ2) is 4.55. The fourth-order valence-corrected chi connectivity index (χ4v) is 2.50. The molecule has 20 heavy (non-hydrogen) atoms. The van der Waals surface area contributed by atoms with E-state index in [1.54, 1.807) is 6.07 Å². The minimum absolute atomic E-state index is 0.0798. The lowest BCUT2D eigenvalue weighted by atomic mass is 9.91. The van der Waals surface area contributed by atoms with Gasteiger partial charge >= 0.3 is 6.18 Å². The molecule has 0 bridgehead atoms. The van der Waals surface area contributed by atoms with Crippen LogP contribution in [0.1, 0.15) is 35.8 Å². The maximum atomic E-state index is 13.1. The highest BCUT2D eigenvalue weighted by Crippen LogP contribution is 2.39. The fraction of sp³-hybridized carbons (Fsp3) is 0.417. The largest absolute Gasteiger partial charge is 0.435 e. The van der Waals surface area contributed by atoms with E-state index < -0.39 is 17.9 Å². The van der Waals surface area contributed by atoms with Gasteiger partial charge < -0.3 is 5.73 Å². The van der Waals surface area contributed by atoms with Crippen LogP contribution in [0.4, 0.5) is 13.2 Å². The first-order valence-electron chi connectivity index (χ1n) is 6.20. The van der Waals surface area contributed by atoms with Crippen LogP contribution in [0.15, 0.2) is 18.5 Å². The van der Waals surface area contributed by atoms with Crippen LogP contribution in [0, 0.1) is 0 Å². The maximum absolute atomic E-state index is 13.1. The Morgan fingerprint density at radius 1 is 1.25 bits per heavy atom. The van der Waals surface area contributed by atoms with Crippen molar-refractivity contribution in [2.75, 3.05) is 0 Å². The number of alkyl halides is 3. The zero-order chi connectivity index (χ0) is 14.3. The number of aromatic nitrogens is 4. The third-order valence-electron chi connectivity index (χ3n) is 3.33. The van der Waals surface area contributed by atoms with E-state index in [1.165, 1.54) is 12.4 Å². The Morgan fingerprint density at radius 2 is 1.95 bits per heavy atom. The van der Waals surface area contributed by atoms with E-state index in [-0.39, 0.29) is 11.5 Å². The van der Waals surface area contributed by atoms with Crippen LogP contribution >= 0.6 is 0 Å². The summed E-state index contributed by atoms with van der Waals surface area (Å²) in [5.74, 6) is 0.133. The molecule has 2 N–H and O–H groups in total. The van der Waals surface area contributed by atoms with Gasteiger partial charge in [0.05, 0.1) is 5.69 Å². The molecule has 0 spiro atoms. The molecule has 0 saturated carbocycles. The minimum atomic E-state index is -4.53. The van der Waals surface area contributed by atoms with Crippen molar-refractivity contribution in [3.8, 4) is 5.95 Å². The molecule has 1 unspecified atom stereocenters. The third kappa shape index (κ3) is 2.05. The topological polar surface area (TPSA) is 69.6 Å². The van der Waals surface area contributed by atoms with Crippen LogP contribution in [0.3, 0.4) is 0 Å². The summed E-state index contributed by atoms with van der Waals surface area (Å²) in [7, 11) is 0. The van der Waals surface area contributed by atoms with Gasteiger partial charge in [0.1, 0.15) is 0 Å². The van der Waals surface area contributed by atoms with Gasteiger partial charge in [-0.1, -0.05) is 0 Å². The zero-order valence-electron chi connectivity index (χ0n) is 10.4. The summed E-state index contributed by atoms with van der Waals surface area (Å²) in [4.78, 5) is 7.92. The first-order valence-corrected chi connectivity index (χ1v) is 6.20. The average Bonchev–Trinajstić information content (AvgIpc) is 2.81. The highest BCUT2D eigenvalue weighted by Gasteiger charge is 2.42. The number of nitrogens with two attached hydrogens (primary N) is 1. The van der Waals surface area contributed by atoms with E-state index in [2.05, 4.69) is 15.1 Å². The molecule has 0 aromatic carbocycles. The normalized spacial score (nSPS) is 18.9. The Balaban J connectivity index is 2.22. The average molecular weight is 283 g/mol. The Labute approximate surface area is 112 Å². The summed E-state index contributed by atoms with van der Waals surface area (Å²) in [5, 5.41) is 3.67. The summed E-state index contributed by atoms with van der Waals surface area (Å²) < 4.78 is 40.5. The van der Waals surface area contributed by atoms with Gasteiger partial charge in [0.25, 0.3) is 5.95 Å². The second-order valence-corrected chi connectivity index (χ2v) is 4.67. The Bertz CT molecular complexity index is 620. The summed E-state index contributed by atoms with van der Waals surface area (Å²) in [5.41, 5.74) is 5.46. The van der Waals surface area contributed by atoms with Crippen LogP contribution in [-0.4, -0.2) is 19.7 Å². The first-order chi connectivity index (χ1) is 9.48. The number of halogens is 3. The SMILES string of the molecule is NC1CCCc2c1c(C(F)(F)F)nn2-c1ncccn1. The molecule has 0 saturated heterocycles. The summed E-state index contributed by atoms with van der Waals surface area (Å²) in [6.45, 7) is 0. The molecule has 8 heteroatoms. The van der Waals surface area contributed by atoms with Gasteiger partial charge in [-0.3, -0.25) is 0 Å². The van der Waals surface area contributed by atoms with Gasteiger partial charge in [-0.15, -0.1) is 0 Å². The number of hydrogen-bond acceptors (Lipinski definition) is 4. The smallest absolute Gasteiger partial charge is 0.324 e. The van der Waals surface area contributed by atoms with Crippen molar-refractivity contribution in [3.05, 3.63) is 35.4 Å². The lowest BCUT2D eigenvalue weighted by Gasteiger charge is -2.20. The van der Waals surface area contributed by atoms with Crippen LogP contribution in [0.2, 0.25) is 0 Å². The van der Waals surface area contributed by atoms with Crippen molar-refractivity contribution >= 4 is 0 Å². The van der Waals surface area contributed by atoms with Gasteiger partial charge in [-0.05, 0) is 25.3 Å². The van der Waals surface area contributed by atoms with Gasteiger partial charge in [-0.25, -0.2) is 14.6 Å². The van der Waals surface area contributed by atoms with E-state index in [1.807, 2.05) is 0 Å². The molecule has 1 atom stereocenters. The van der Waals surface area contributed by atoms with Crippen LogP contribution in [0.25, 0.3) is 5.95 Å². The molecular weight excluding hydrogens is 271 g/mol. The molecule has 0 aliphatic heterocycles. The van der Waals surface area contributed by atoms with Gasteiger partial charge in [0.2, 0.25) is 0 Å². The molecule has 0 amide bonds. The minimum Gasteiger partial charge on any atom is -0.324 e. The lowest BCUT2D eigenvalue weighted by Crippen LogP contribution is -2.21. The van der Waals surface area contributed by atoms with Crippen molar-refractivity contribution in [2.45, 2.75) is 31.5 Å². The molecule has 1 aliphatic carbocycles. The standard InChI is InChI=1S/C12H12F3N5/c13-12(14,15)10-9-7(16)3-1-4-8(9)20(19-10)11-17-5-2-6-18-11/h2,5-7H,1,3-4,16H2. The summed E-state index contributed by atoms with van der Waals surface area (Å²) in [6.07, 6.45) is 0.143. The van der Waals surface area contributed by atoms with Crippen LogP contribution < -0.4 is 5.73 Å². The molecule has 1 aliphatic rings. The van der Waals surface area contributed by atoms with Gasteiger partial charge in [-0.2, -0.15) is 18.3 Å². The van der Waals surface area contributed by atoms with E-state index in [0.717, 1.165) is 11.1 Å². The Kier molecular flexibility index (Phi) is 2.97. The fourth-order valence-electron chi connectivity index (χ4n) is 2.50. The Hall–Kier alpha value is -1.96. The molecule has 0 radical (unpaired) electrons. The predicted octanol–water partition coefficient (Wildman–Crippen LogP) is 2.02. The quantitative estimate of drug-likeness (QED) is 0.869. The molecule has 2 aromatic heterocycles. The second-order valence-electron chi connectivity index (χ2n) is 4.67. The van der Waals surface area contributed by atoms with Crippen LogP contribution in [0.5, 0.6) is 0 Å². The van der Waals surface area contributed by atoms with Gasteiger partial charge in [0.15, 0.2) is 5.69 Å². The first kappa shape index (κ1) is 13.0. The van der Waals surface area contributed by atoms with Crippen LogP contribution in [-0.2, 0) is 12.6 Å². The zero-order valence-corrected chi connectivity index (χ0v) is 10.4. The number of nitrogens with zero attached hydrogens (tertiary/aromatic N) is 4. The molecule has 0 fully saturated rings. The number of rotatable bonds is 1. The number of fused-ring (bicyclic) bond motifs is 1. The highest BCUT2D eigenvalue weighted by atomic mass is 19.4. The molecule has 3 rings (SSSR count). The Morgan fingerprint density at radius 3 is 2.60 bits per heavy atom. The van der Waals surface area contributed by atoms with E-state index in [4.69, 9.17) is 5.73 Å². The van der Waals surface area contributed by atoms with Crippen molar-refractivity contribution in [1.82, 2.24) is 19.7 Å². The van der Waals surface area contributed by atoms with Crippen molar-refractivity contribution < 1.29 is 13.2 Å². The molecular formula is C12H12F3N5. The number of hydrogen-bond donors (Lipinski definition) is 1. The lowest BCUT2D eigenvalue weighted by molar-refractivity contribution is -0.142. The van der Waals surface area contributed by atoms with Gasteiger partial charge in [0, 0.05) is 24.0 Å². The summed E-state index contributed by atoms with van der Waals surface area (Å²) in [6, 6.07) is 0.948. The molecule has 2 heterocycles. The van der Waals surface area contributed by atoms with Crippen molar-refractivity contribution in [3.63, 3.8) is 0 Å². The van der Waals surface area contributed by atoms with E-state index >= 15 is 0 Å². The monoisotopic (exact) mass is 283 g/mol. The molecule has 2 aromatic rings. The third-order valence-corrected chi connectivity index (χ3v) is 3.33. The summed E-state index contributed by atoms with van der Waals surface area (Å²) >= 11 is 0. The molecule has 5 nitrogen and oxygen atoms in total. The maximum Gasteiger partial charge on any atom is 0.435 e. The van der Waals surface area contributed by atoms with E-state index in [9.17, 15) is 13.2 Å². The molecule has 106 valence electrons. The van der Waals surface area contributed by atoms with E-state index in [0.29, 0.717) is 18.5 Å². The van der Waals surface area contributed by atoms with Crippen molar-refractivity contribution in [2.24, 2.45) is 5.73 Å². The van der Waals surface area contributed by atoms with Crippen molar-refractivity contribution in [1.29, 1.82) is 0 Å². The predicted molar refractivity (Wildman–Crippen MR) is 64.0 cm³/mol.